The highest BCUT2D eigenvalue weighted by Crippen LogP contribution is 2.38. The van der Waals surface area contributed by atoms with Gasteiger partial charge in [-0.1, -0.05) is 49.2 Å². The number of thioether (sulfide) groups is 1. The first-order valence-electron chi connectivity index (χ1n) is 10.9. The van der Waals surface area contributed by atoms with Crippen LogP contribution >= 0.6 is 11.8 Å². The van der Waals surface area contributed by atoms with Crippen LogP contribution in [-0.4, -0.2) is 51.0 Å². The second kappa shape index (κ2) is 8.92. The van der Waals surface area contributed by atoms with Crippen LogP contribution in [0, 0.1) is 18.8 Å². The maximum Gasteiger partial charge on any atom is 0.233 e. The second-order valence-corrected chi connectivity index (χ2v) is 9.43. The first kappa shape index (κ1) is 21.1. The van der Waals surface area contributed by atoms with E-state index in [4.69, 9.17) is 4.99 Å². The molecule has 3 amide bonds. The third kappa shape index (κ3) is 4.04. The van der Waals surface area contributed by atoms with Gasteiger partial charge in [-0.05, 0) is 38.3 Å². The lowest BCUT2D eigenvalue weighted by atomic mass is 9.81. The average Bonchev–Trinajstić information content (AvgIpc) is 3.27. The van der Waals surface area contributed by atoms with Crippen molar-refractivity contribution in [1.29, 1.82) is 0 Å². The number of amidine groups is 1. The van der Waals surface area contributed by atoms with Crippen LogP contribution in [0.5, 0.6) is 0 Å². The van der Waals surface area contributed by atoms with E-state index in [9.17, 15) is 14.4 Å². The highest BCUT2D eigenvalue weighted by Gasteiger charge is 2.48. The monoisotopic (exact) mass is 427 g/mol. The number of imide groups is 1. The fourth-order valence-corrected chi connectivity index (χ4v) is 5.96. The van der Waals surface area contributed by atoms with Gasteiger partial charge in [0, 0.05) is 24.8 Å². The van der Waals surface area contributed by atoms with Crippen molar-refractivity contribution in [2.24, 2.45) is 16.8 Å². The molecular weight excluding hydrogens is 398 g/mol. The van der Waals surface area contributed by atoms with Gasteiger partial charge in [0.25, 0.3) is 0 Å². The fourth-order valence-electron chi connectivity index (χ4n) is 4.68. The Labute approximate surface area is 182 Å². The molecule has 0 spiro atoms. The molecule has 0 unspecified atom stereocenters. The molecule has 1 aliphatic carbocycles. The SMILES string of the molecule is CC[C@H]1CSC(=Nc2ccc(C)cc2)N1C(=O)CCN1C(=O)[C@H]2CCCC[C@H]2C1=O. The quantitative estimate of drug-likeness (QED) is 0.668. The van der Waals surface area contributed by atoms with Crippen LogP contribution in [0.15, 0.2) is 29.3 Å². The van der Waals surface area contributed by atoms with E-state index in [-0.39, 0.29) is 48.6 Å². The van der Waals surface area contributed by atoms with Gasteiger partial charge in [0.15, 0.2) is 5.17 Å². The minimum Gasteiger partial charge on any atom is -0.287 e. The Kier molecular flexibility index (Phi) is 6.27. The van der Waals surface area contributed by atoms with E-state index in [2.05, 4.69) is 6.92 Å². The first-order chi connectivity index (χ1) is 14.5. The smallest absolute Gasteiger partial charge is 0.233 e. The van der Waals surface area contributed by atoms with Gasteiger partial charge in [0.1, 0.15) is 0 Å². The number of fused-ring (bicyclic) bond motifs is 1. The predicted molar refractivity (Wildman–Crippen MR) is 118 cm³/mol. The van der Waals surface area contributed by atoms with Crippen molar-refractivity contribution in [1.82, 2.24) is 9.80 Å². The van der Waals surface area contributed by atoms with Gasteiger partial charge in [0.05, 0.1) is 17.5 Å². The summed E-state index contributed by atoms with van der Waals surface area (Å²) in [6, 6.07) is 8.01. The summed E-state index contributed by atoms with van der Waals surface area (Å²) in [7, 11) is 0. The van der Waals surface area contributed by atoms with Crippen molar-refractivity contribution >= 4 is 40.3 Å². The lowest BCUT2D eigenvalue weighted by molar-refractivity contribution is -0.140. The molecule has 30 heavy (non-hydrogen) atoms. The molecule has 0 bridgehead atoms. The second-order valence-electron chi connectivity index (χ2n) is 8.44. The van der Waals surface area contributed by atoms with Crippen LogP contribution in [0.25, 0.3) is 0 Å². The maximum atomic E-state index is 13.1. The van der Waals surface area contributed by atoms with E-state index >= 15 is 0 Å². The van der Waals surface area contributed by atoms with Gasteiger partial charge in [-0.15, -0.1) is 0 Å². The Morgan fingerprint density at radius 1 is 1.10 bits per heavy atom. The van der Waals surface area contributed by atoms with Gasteiger partial charge < -0.3 is 0 Å². The average molecular weight is 428 g/mol. The van der Waals surface area contributed by atoms with Gasteiger partial charge in [-0.2, -0.15) is 0 Å². The fraction of sp³-hybridized carbons (Fsp3) is 0.565. The molecule has 1 aromatic rings. The van der Waals surface area contributed by atoms with E-state index < -0.39 is 0 Å². The zero-order valence-corrected chi connectivity index (χ0v) is 18.5. The van der Waals surface area contributed by atoms with E-state index in [0.29, 0.717) is 5.17 Å². The van der Waals surface area contributed by atoms with Gasteiger partial charge in [0.2, 0.25) is 17.7 Å². The molecule has 3 aliphatic rings. The Balaban J connectivity index is 1.46. The minimum absolute atomic E-state index is 0.0619. The number of likely N-dealkylation sites (tertiary alicyclic amines) is 1. The van der Waals surface area contributed by atoms with E-state index in [1.165, 1.54) is 4.90 Å². The molecule has 0 N–H and O–H groups in total. The molecule has 2 aliphatic heterocycles. The number of aliphatic imine (C=N–C) groups is 1. The van der Waals surface area contributed by atoms with Crippen molar-refractivity contribution in [2.45, 2.75) is 58.4 Å². The number of carbonyl (C=O) groups is 3. The molecule has 2 heterocycles. The molecule has 4 rings (SSSR count). The zero-order valence-electron chi connectivity index (χ0n) is 17.7. The van der Waals surface area contributed by atoms with E-state index in [1.807, 2.05) is 31.2 Å². The molecule has 1 saturated carbocycles. The van der Waals surface area contributed by atoms with Gasteiger partial charge in [-0.3, -0.25) is 24.2 Å². The van der Waals surface area contributed by atoms with Crippen LogP contribution in [0.1, 0.15) is 51.0 Å². The highest BCUT2D eigenvalue weighted by molar-refractivity contribution is 8.14. The number of hydrogen-bond donors (Lipinski definition) is 0. The number of rotatable bonds is 5. The lowest BCUT2D eigenvalue weighted by Gasteiger charge is -2.24. The summed E-state index contributed by atoms with van der Waals surface area (Å²) in [6.07, 6.45) is 4.61. The largest absolute Gasteiger partial charge is 0.287 e. The van der Waals surface area contributed by atoms with Crippen LogP contribution < -0.4 is 0 Å². The number of hydrogen-bond acceptors (Lipinski definition) is 5. The molecule has 6 nitrogen and oxygen atoms in total. The van der Waals surface area contributed by atoms with Crippen molar-refractivity contribution in [3.05, 3.63) is 29.8 Å². The van der Waals surface area contributed by atoms with Crippen molar-refractivity contribution in [3.8, 4) is 0 Å². The summed E-state index contributed by atoms with van der Waals surface area (Å²) in [5.74, 6) is 0.283. The molecule has 3 fully saturated rings. The normalized spacial score (nSPS) is 27.8. The molecule has 1 aromatic carbocycles. The zero-order chi connectivity index (χ0) is 21.3. The third-order valence-corrected chi connectivity index (χ3v) is 7.55. The standard InChI is InChI=1S/C23H29N3O3S/c1-3-17-14-30-23(24-16-10-8-15(2)9-11-16)26(17)20(27)12-13-25-21(28)18-6-4-5-7-19(18)22(25)29/h8-11,17-19H,3-7,12-14H2,1-2H3/t17-,18-,19+/m0/s1. The molecule has 160 valence electrons. The van der Waals surface area contributed by atoms with Crippen molar-refractivity contribution < 1.29 is 14.4 Å². The summed E-state index contributed by atoms with van der Waals surface area (Å²) in [4.78, 5) is 46.3. The summed E-state index contributed by atoms with van der Waals surface area (Å²) in [5, 5.41) is 0.712. The van der Waals surface area contributed by atoms with Gasteiger partial charge in [-0.25, -0.2) is 4.99 Å². The van der Waals surface area contributed by atoms with E-state index in [1.54, 1.807) is 16.7 Å². The Morgan fingerprint density at radius 2 is 1.73 bits per heavy atom. The van der Waals surface area contributed by atoms with Crippen molar-refractivity contribution in [2.75, 3.05) is 12.3 Å². The topological polar surface area (TPSA) is 70.1 Å². The van der Waals surface area contributed by atoms with Gasteiger partial charge >= 0.3 is 0 Å². The lowest BCUT2D eigenvalue weighted by Crippen LogP contribution is -2.41. The molecule has 3 atom stereocenters. The highest BCUT2D eigenvalue weighted by atomic mass is 32.2. The number of benzene rings is 1. The van der Waals surface area contributed by atoms with Crippen LogP contribution in [-0.2, 0) is 14.4 Å². The number of nitrogens with zero attached hydrogens (tertiary/aromatic N) is 3. The van der Waals surface area contributed by atoms with E-state index in [0.717, 1.165) is 49.1 Å². The number of amides is 3. The maximum absolute atomic E-state index is 13.1. The molecule has 2 saturated heterocycles. The van der Waals surface area contributed by atoms with Crippen molar-refractivity contribution in [3.63, 3.8) is 0 Å². The molecular formula is C23H29N3O3S. The summed E-state index contributed by atoms with van der Waals surface area (Å²) in [5.41, 5.74) is 1.99. The molecule has 0 radical (unpaired) electrons. The summed E-state index contributed by atoms with van der Waals surface area (Å²) >= 11 is 1.59. The predicted octanol–water partition coefficient (Wildman–Crippen LogP) is 3.90. The number of aryl methyl sites for hydroxylation is 1. The molecule has 0 aromatic heterocycles. The number of carbonyl (C=O) groups excluding carboxylic acids is 3. The third-order valence-electron chi connectivity index (χ3n) is 6.46. The summed E-state index contributed by atoms with van der Waals surface area (Å²) in [6.45, 7) is 4.28. The Bertz CT molecular complexity index is 843. The Morgan fingerprint density at radius 3 is 2.33 bits per heavy atom. The first-order valence-corrected chi connectivity index (χ1v) is 11.9. The summed E-state index contributed by atoms with van der Waals surface area (Å²) < 4.78 is 0. The van der Waals surface area contributed by atoms with Crippen LogP contribution in [0.2, 0.25) is 0 Å². The van der Waals surface area contributed by atoms with Crippen LogP contribution in [0.3, 0.4) is 0 Å². The molecule has 7 heteroatoms. The minimum atomic E-state index is -0.161. The van der Waals surface area contributed by atoms with Crippen LogP contribution in [0.4, 0.5) is 5.69 Å². The Hall–Kier alpha value is -2.15.